The number of alkyl halides is 3. The van der Waals surface area contributed by atoms with E-state index in [0.717, 1.165) is 18.2 Å². The van der Waals surface area contributed by atoms with Crippen LogP contribution in [-0.4, -0.2) is 31.8 Å². The van der Waals surface area contributed by atoms with Crippen LogP contribution >= 0.6 is 0 Å². The molecule has 0 heterocycles. The maximum absolute atomic E-state index is 13.2. The van der Waals surface area contributed by atoms with E-state index >= 15 is 0 Å². The van der Waals surface area contributed by atoms with Crippen LogP contribution in [0, 0.1) is 11.6 Å². The highest BCUT2D eigenvalue weighted by Gasteiger charge is 2.27. The Kier molecular flexibility index (Phi) is 5.22. The van der Waals surface area contributed by atoms with Crippen molar-refractivity contribution in [2.75, 3.05) is 19.8 Å². The van der Waals surface area contributed by atoms with Crippen LogP contribution in [0.4, 0.5) is 22.0 Å². The number of carbonyl (C=O) groups is 1. The van der Waals surface area contributed by atoms with Crippen LogP contribution in [0.1, 0.15) is 10.4 Å². The molecule has 1 aromatic rings. The molecule has 1 aromatic carbocycles. The van der Waals surface area contributed by atoms with Gasteiger partial charge in [0.2, 0.25) is 0 Å². The Morgan fingerprint density at radius 1 is 1.26 bits per heavy atom. The molecule has 0 radical (unpaired) electrons. The van der Waals surface area contributed by atoms with Gasteiger partial charge in [0, 0.05) is 6.54 Å². The molecular weight excluding hydrogens is 273 g/mol. The number of ether oxygens (including phenoxy) is 1. The van der Waals surface area contributed by atoms with E-state index in [0.29, 0.717) is 0 Å². The SMILES string of the molecule is O=C(NCCOCC(F)(F)F)c1cccc(F)c1F. The summed E-state index contributed by atoms with van der Waals surface area (Å²) >= 11 is 0. The molecule has 8 heteroatoms. The average molecular weight is 283 g/mol. The molecule has 0 saturated heterocycles. The fourth-order valence-electron chi connectivity index (χ4n) is 1.20. The second-order valence-electron chi connectivity index (χ2n) is 3.53. The first-order valence-electron chi connectivity index (χ1n) is 5.18. The van der Waals surface area contributed by atoms with Gasteiger partial charge in [0.1, 0.15) is 6.61 Å². The molecule has 0 spiro atoms. The van der Waals surface area contributed by atoms with Crippen molar-refractivity contribution in [2.45, 2.75) is 6.18 Å². The van der Waals surface area contributed by atoms with Crippen LogP contribution in [0.2, 0.25) is 0 Å². The first-order chi connectivity index (χ1) is 8.81. The molecule has 1 amide bonds. The first-order valence-corrected chi connectivity index (χ1v) is 5.18. The molecule has 0 aliphatic heterocycles. The van der Waals surface area contributed by atoms with Crippen LogP contribution in [-0.2, 0) is 4.74 Å². The van der Waals surface area contributed by atoms with E-state index in [1.54, 1.807) is 0 Å². The Labute approximate surface area is 105 Å². The van der Waals surface area contributed by atoms with Gasteiger partial charge in [-0.15, -0.1) is 0 Å². The number of rotatable bonds is 5. The van der Waals surface area contributed by atoms with Crippen LogP contribution in [0.25, 0.3) is 0 Å². The van der Waals surface area contributed by atoms with E-state index in [1.165, 1.54) is 0 Å². The summed E-state index contributed by atoms with van der Waals surface area (Å²) < 4.78 is 65.3. The summed E-state index contributed by atoms with van der Waals surface area (Å²) in [6.45, 7) is -2.07. The Bertz CT molecular complexity index is 447. The van der Waals surface area contributed by atoms with Gasteiger partial charge in [0.05, 0.1) is 12.2 Å². The van der Waals surface area contributed by atoms with E-state index in [2.05, 4.69) is 10.1 Å². The summed E-state index contributed by atoms with van der Waals surface area (Å²) in [6, 6.07) is 3.05. The molecule has 0 saturated carbocycles. The minimum Gasteiger partial charge on any atom is -0.370 e. The fraction of sp³-hybridized carbons (Fsp3) is 0.364. The van der Waals surface area contributed by atoms with Crippen molar-refractivity contribution in [1.29, 1.82) is 0 Å². The number of carbonyl (C=O) groups excluding carboxylic acids is 1. The summed E-state index contributed by atoms with van der Waals surface area (Å²) in [5.41, 5.74) is -0.518. The van der Waals surface area contributed by atoms with Gasteiger partial charge in [-0.2, -0.15) is 13.2 Å². The fourth-order valence-corrected chi connectivity index (χ4v) is 1.20. The van der Waals surface area contributed by atoms with E-state index in [1.807, 2.05) is 0 Å². The number of nitrogens with one attached hydrogen (secondary N) is 1. The van der Waals surface area contributed by atoms with Crippen molar-refractivity contribution in [3.63, 3.8) is 0 Å². The average Bonchev–Trinajstić information content (AvgIpc) is 2.30. The van der Waals surface area contributed by atoms with Crippen molar-refractivity contribution in [2.24, 2.45) is 0 Å². The highest BCUT2D eigenvalue weighted by Crippen LogP contribution is 2.14. The van der Waals surface area contributed by atoms with E-state index < -0.39 is 35.9 Å². The third-order valence-corrected chi connectivity index (χ3v) is 1.99. The summed E-state index contributed by atoms with van der Waals surface area (Å²) in [4.78, 5) is 11.4. The summed E-state index contributed by atoms with van der Waals surface area (Å²) in [5, 5.41) is 2.12. The third kappa shape index (κ3) is 5.21. The number of halogens is 5. The minimum atomic E-state index is -4.45. The van der Waals surface area contributed by atoms with Crippen molar-refractivity contribution < 1.29 is 31.5 Å². The van der Waals surface area contributed by atoms with Gasteiger partial charge < -0.3 is 10.1 Å². The predicted molar refractivity (Wildman–Crippen MR) is 55.6 cm³/mol. The highest BCUT2D eigenvalue weighted by molar-refractivity contribution is 5.94. The molecule has 19 heavy (non-hydrogen) atoms. The van der Waals surface area contributed by atoms with E-state index in [9.17, 15) is 26.7 Å². The van der Waals surface area contributed by atoms with E-state index in [4.69, 9.17) is 0 Å². The zero-order chi connectivity index (χ0) is 14.5. The van der Waals surface area contributed by atoms with Gasteiger partial charge in [0.25, 0.3) is 5.91 Å². The molecule has 0 aliphatic rings. The second kappa shape index (κ2) is 6.46. The molecule has 0 atom stereocenters. The van der Waals surface area contributed by atoms with Crippen LogP contribution in [0.5, 0.6) is 0 Å². The molecule has 0 aromatic heterocycles. The molecule has 106 valence electrons. The summed E-state index contributed by atoms with van der Waals surface area (Å²) in [5.74, 6) is -3.41. The lowest BCUT2D eigenvalue weighted by Gasteiger charge is -2.09. The Morgan fingerprint density at radius 2 is 1.95 bits per heavy atom. The molecule has 0 aliphatic carbocycles. The number of amides is 1. The Balaban J connectivity index is 2.38. The molecule has 1 N–H and O–H groups in total. The lowest BCUT2D eigenvalue weighted by molar-refractivity contribution is -0.173. The largest absolute Gasteiger partial charge is 0.411 e. The number of benzene rings is 1. The smallest absolute Gasteiger partial charge is 0.370 e. The quantitative estimate of drug-likeness (QED) is 0.665. The first kappa shape index (κ1) is 15.4. The Morgan fingerprint density at radius 3 is 2.58 bits per heavy atom. The van der Waals surface area contributed by atoms with Gasteiger partial charge >= 0.3 is 6.18 Å². The van der Waals surface area contributed by atoms with Gasteiger partial charge in [-0.05, 0) is 12.1 Å². The second-order valence-corrected chi connectivity index (χ2v) is 3.53. The van der Waals surface area contributed by atoms with Crippen molar-refractivity contribution in [3.05, 3.63) is 35.4 Å². The van der Waals surface area contributed by atoms with Crippen LogP contribution in [0.15, 0.2) is 18.2 Å². The number of hydrogen-bond donors (Lipinski definition) is 1. The third-order valence-electron chi connectivity index (χ3n) is 1.99. The van der Waals surface area contributed by atoms with Crippen molar-refractivity contribution in [3.8, 4) is 0 Å². The van der Waals surface area contributed by atoms with Crippen LogP contribution < -0.4 is 5.32 Å². The summed E-state index contributed by atoms with van der Waals surface area (Å²) in [6.07, 6.45) is -4.45. The zero-order valence-corrected chi connectivity index (χ0v) is 9.56. The maximum Gasteiger partial charge on any atom is 0.411 e. The molecule has 0 bridgehead atoms. The summed E-state index contributed by atoms with van der Waals surface area (Å²) in [7, 11) is 0. The van der Waals surface area contributed by atoms with Gasteiger partial charge in [-0.1, -0.05) is 6.07 Å². The number of hydrogen-bond acceptors (Lipinski definition) is 2. The zero-order valence-electron chi connectivity index (χ0n) is 9.56. The molecular formula is C11H10F5NO2. The van der Waals surface area contributed by atoms with Gasteiger partial charge in [-0.25, -0.2) is 8.78 Å². The lowest BCUT2D eigenvalue weighted by Crippen LogP contribution is -2.29. The normalized spacial score (nSPS) is 11.4. The highest BCUT2D eigenvalue weighted by atomic mass is 19.4. The molecule has 0 unspecified atom stereocenters. The van der Waals surface area contributed by atoms with Crippen molar-refractivity contribution >= 4 is 5.91 Å². The standard InChI is InChI=1S/C11H10F5NO2/c12-8-3-1-2-7(9(8)13)10(18)17-4-5-19-6-11(14,15)16/h1-3H,4-6H2,(H,17,18). The van der Waals surface area contributed by atoms with Gasteiger partial charge in [-0.3, -0.25) is 4.79 Å². The van der Waals surface area contributed by atoms with Crippen LogP contribution in [0.3, 0.4) is 0 Å². The lowest BCUT2D eigenvalue weighted by atomic mass is 10.2. The van der Waals surface area contributed by atoms with E-state index in [-0.39, 0.29) is 13.2 Å². The Hall–Kier alpha value is -1.70. The maximum atomic E-state index is 13.2. The molecule has 0 fully saturated rings. The predicted octanol–water partition coefficient (Wildman–Crippen LogP) is 2.27. The topological polar surface area (TPSA) is 38.3 Å². The molecule has 3 nitrogen and oxygen atoms in total. The minimum absolute atomic E-state index is 0.245. The van der Waals surface area contributed by atoms with Crippen molar-refractivity contribution in [1.82, 2.24) is 5.32 Å². The molecule has 1 rings (SSSR count). The monoisotopic (exact) mass is 283 g/mol. The van der Waals surface area contributed by atoms with Gasteiger partial charge in [0.15, 0.2) is 11.6 Å².